The van der Waals surface area contributed by atoms with Gasteiger partial charge in [-0.1, -0.05) is 64.7 Å². The lowest BCUT2D eigenvalue weighted by molar-refractivity contribution is 0.0600. The van der Waals surface area contributed by atoms with Gasteiger partial charge in [-0.2, -0.15) is 0 Å². The monoisotopic (exact) mass is 412 g/mol. The van der Waals surface area contributed by atoms with Gasteiger partial charge in [-0.3, -0.25) is 9.20 Å². The van der Waals surface area contributed by atoms with Crippen molar-refractivity contribution in [1.82, 2.24) is 9.38 Å². The highest BCUT2D eigenvalue weighted by molar-refractivity contribution is 5.90. The van der Waals surface area contributed by atoms with Gasteiger partial charge in [0.2, 0.25) is 0 Å². The fourth-order valence-corrected chi connectivity index (χ4v) is 4.65. The first kappa shape index (κ1) is 22.5. The minimum atomic E-state index is -0.410. The minimum absolute atomic E-state index is 0.0167. The van der Waals surface area contributed by atoms with Crippen molar-refractivity contribution in [2.75, 3.05) is 7.11 Å². The zero-order chi connectivity index (χ0) is 21.3. The van der Waals surface area contributed by atoms with Crippen LogP contribution in [0.5, 0.6) is 0 Å². The molecule has 2 aromatic heterocycles. The quantitative estimate of drug-likeness (QED) is 0.403. The Morgan fingerprint density at radius 2 is 1.90 bits per heavy atom. The maximum Gasteiger partial charge on any atom is 0.338 e. The second-order valence-corrected chi connectivity index (χ2v) is 8.68. The van der Waals surface area contributed by atoms with Crippen LogP contribution in [0, 0.1) is 5.92 Å². The Morgan fingerprint density at radius 3 is 2.67 bits per heavy atom. The number of hydrogen-bond donors (Lipinski definition) is 0. The summed E-state index contributed by atoms with van der Waals surface area (Å²) in [6.45, 7) is 2.26. The molecule has 0 spiro atoms. The number of esters is 1. The SMILES string of the molecule is CCCCCCCCCC1CCCc2nc3cc(C(=O)OC)ccn3c(=O)c2CC1. The number of carbonyl (C=O) groups is 1. The van der Waals surface area contributed by atoms with Crippen molar-refractivity contribution in [2.45, 2.75) is 90.4 Å². The van der Waals surface area contributed by atoms with E-state index in [4.69, 9.17) is 9.72 Å². The lowest BCUT2D eigenvalue weighted by Crippen LogP contribution is -2.25. The van der Waals surface area contributed by atoms with Crippen LogP contribution in [0.3, 0.4) is 0 Å². The summed E-state index contributed by atoms with van der Waals surface area (Å²) < 4.78 is 6.35. The Kier molecular flexibility index (Phi) is 8.47. The van der Waals surface area contributed by atoms with Crippen molar-refractivity contribution < 1.29 is 9.53 Å². The molecule has 1 unspecified atom stereocenters. The third kappa shape index (κ3) is 5.71. The zero-order valence-corrected chi connectivity index (χ0v) is 18.6. The second kappa shape index (κ2) is 11.3. The summed E-state index contributed by atoms with van der Waals surface area (Å²) in [5.74, 6) is 0.308. The molecule has 0 fully saturated rings. The van der Waals surface area contributed by atoms with Crippen molar-refractivity contribution in [3.63, 3.8) is 0 Å². The Balaban J connectivity index is 1.63. The van der Waals surface area contributed by atoms with Gasteiger partial charge in [-0.15, -0.1) is 0 Å². The summed E-state index contributed by atoms with van der Waals surface area (Å²) in [6, 6.07) is 3.27. The molecule has 0 aliphatic heterocycles. The van der Waals surface area contributed by atoms with Gasteiger partial charge in [-0.05, 0) is 43.7 Å². The highest BCUT2D eigenvalue weighted by Crippen LogP contribution is 2.26. The summed E-state index contributed by atoms with van der Waals surface area (Å²) in [7, 11) is 1.36. The Bertz CT molecular complexity index is 903. The predicted molar refractivity (Wildman–Crippen MR) is 120 cm³/mol. The number of ether oxygens (including phenoxy) is 1. The van der Waals surface area contributed by atoms with E-state index in [0.29, 0.717) is 11.2 Å². The number of pyridine rings is 1. The van der Waals surface area contributed by atoms with E-state index in [2.05, 4.69) is 6.92 Å². The molecule has 3 rings (SSSR count). The van der Waals surface area contributed by atoms with E-state index >= 15 is 0 Å². The number of unbranched alkanes of at least 4 members (excludes halogenated alkanes) is 6. The molecule has 30 heavy (non-hydrogen) atoms. The Labute approximate surface area is 179 Å². The molecule has 2 heterocycles. The average molecular weight is 413 g/mol. The lowest BCUT2D eigenvalue weighted by atomic mass is 9.86. The van der Waals surface area contributed by atoms with Crippen LogP contribution in [-0.2, 0) is 17.6 Å². The van der Waals surface area contributed by atoms with Gasteiger partial charge in [0.15, 0.2) is 0 Å². The van der Waals surface area contributed by atoms with E-state index < -0.39 is 5.97 Å². The maximum atomic E-state index is 13.1. The lowest BCUT2D eigenvalue weighted by Gasteiger charge is -2.21. The summed E-state index contributed by atoms with van der Waals surface area (Å²) in [4.78, 5) is 29.6. The molecule has 1 atom stereocenters. The molecule has 0 N–H and O–H groups in total. The third-order valence-corrected chi connectivity index (χ3v) is 6.47. The van der Waals surface area contributed by atoms with Crippen LogP contribution in [-0.4, -0.2) is 22.5 Å². The summed E-state index contributed by atoms with van der Waals surface area (Å²) >= 11 is 0. The van der Waals surface area contributed by atoms with Gasteiger partial charge < -0.3 is 4.74 Å². The number of rotatable bonds is 9. The highest BCUT2D eigenvalue weighted by Gasteiger charge is 2.19. The van der Waals surface area contributed by atoms with E-state index in [9.17, 15) is 9.59 Å². The van der Waals surface area contributed by atoms with Crippen LogP contribution < -0.4 is 5.56 Å². The van der Waals surface area contributed by atoms with E-state index in [1.54, 1.807) is 22.7 Å². The third-order valence-electron chi connectivity index (χ3n) is 6.47. The molecule has 0 saturated carbocycles. The van der Waals surface area contributed by atoms with Crippen LogP contribution >= 0.6 is 0 Å². The largest absolute Gasteiger partial charge is 0.465 e. The highest BCUT2D eigenvalue weighted by atomic mass is 16.5. The van der Waals surface area contributed by atoms with E-state index in [1.165, 1.54) is 64.9 Å². The van der Waals surface area contributed by atoms with Gasteiger partial charge in [0.1, 0.15) is 5.65 Å². The van der Waals surface area contributed by atoms with Crippen LogP contribution in [0.1, 0.15) is 99.2 Å². The van der Waals surface area contributed by atoms with E-state index in [0.717, 1.165) is 42.9 Å². The molecule has 1 aliphatic rings. The summed E-state index contributed by atoms with van der Waals surface area (Å²) in [5, 5.41) is 0. The Hall–Kier alpha value is -2.17. The molecular formula is C25H36N2O3. The van der Waals surface area contributed by atoms with Crippen molar-refractivity contribution >= 4 is 11.6 Å². The van der Waals surface area contributed by atoms with Crippen molar-refractivity contribution in [3.8, 4) is 0 Å². The molecule has 0 amide bonds. The topological polar surface area (TPSA) is 60.7 Å². The van der Waals surface area contributed by atoms with Gasteiger partial charge in [0.05, 0.1) is 18.4 Å². The van der Waals surface area contributed by atoms with Gasteiger partial charge >= 0.3 is 5.97 Å². The number of hydrogen-bond acceptors (Lipinski definition) is 4. The maximum absolute atomic E-state index is 13.1. The predicted octanol–water partition coefficient (Wildman–Crippen LogP) is 5.51. The number of carbonyl (C=O) groups excluding carboxylic acids is 1. The molecule has 0 saturated heterocycles. The molecule has 2 aromatic rings. The van der Waals surface area contributed by atoms with Crippen LogP contribution in [0.25, 0.3) is 5.65 Å². The van der Waals surface area contributed by atoms with Crippen molar-refractivity contribution in [3.05, 3.63) is 45.5 Å². The molecule has 5 nitrogen and oxygen atoms in total. The molecule has 0 bridgehead atoms. The minimum Gasteiger partial charge on any atom is -0.465 e. The molecule has 164 valence electrons. The van der Waals surface area contributed by atoms with Gasteiger partial charge in [0, 0.05) is 11.8 Å². The van der Waals surface area contributed by atoms with Gasteiger partial charge in [0.25, 0.3) is 5.56 Å². The van der Waals surface area contributed by atoms with E-state index in [-0.39, 0.29) is 5.56 Å². The first-order valence-corrected chi connectivity index (χ1v) is 11.8. The van der Waals surface area contributed by atoms with Crippen molar-refractivity contribution in [2.24, 2.45) is 5.92 Å². The smallest absolute Gasteiger partial charge is 0.338 e. The Morgan fingerprint density at radius 1 is 1.13 bits per heavy atom. The van der Waals surface area contributed by atoms with Crippen LogP contribution in [0.15, 0.2) is 23.1 Å². The summed E-state index contributed by atoms with van der Waals surface area (Å²) in [5.41, 5.74) is 2.74. The summed E-state index contributed by atoms with van der Waals surface area (Å²) in [6.07, 6.45) is 17.4. The fourth-order valence-electron chi connectivity index (χ4n) is 4.65. The number of nitrogens with zero attached hydrogens (tertiary/aromatic N) is 2. The van der Waals surface area contributed by atoms with Crippen LogP contribution in [0.2, 0.25) is 0 Å². The first-order chi connectivity index (χ1) is 14.6. The van der Waals surface area contributed by atoms with Gasteiger partial charge in [-0.25, -0.2) is 9.78 Å². The number of aromatic nitrogens is 2. The molecule has 5 heteroatoms. The molecular weight excluding hydrogens is 376 g/mol. The first-order valence-electron chi connectivity index (χ1n) is 11.8. The van der Waals surface area contributed by atoms with E-state index in [1.807, 2.05) is 0 Å². The molecule has 1 aliphatic carbocycles. The normalized spacial score (nSPS) is 16.7. The average Bonchev–Trinajstić information content (AvgIpc) is 2.74. The fraction of sp³-hybridized carbons (Fsp3) is 0.640. The second-order valence-electron chi connectivity index (χ2n) is 8.68. The van der Waals surface area contributed by atoms with Crippen molar-refractivity contribution in [1.29, 1.82) is 0 Å². The molecule has 0 radical (unpaired) electrons. The molecule has 0 aromatic carbocycles. The number of methoxy groups -OCH3 is 1. The standard InChI is InChI=1S/C25H36N2O3/c1-3-4-5-6-7-8-9-11-19-12-10-13-22-21(15-14-19)24(28)27-17-16-20(25(29)30-2)18-23(27)26-22/h16-19H,3-15H2,1-2H3. The number of fused-ring (bicyclic) bond motifs is 2. The zero-order valence-electron chi connectivity index (χ0n) is 18.6. The van der Waals surface area contributed by atoms with Crippen LogP contribution in [0.4, 0.5) is 0 Å². The number of aryl methyl sites for hydroxylation is 1.